The van der Waals surface area contributed by atoms with Gasteiger partial charge in [-0.3, -0.25) is 4.90 Å². The number of hydrogen-bond acceptors (Lipinski definition) is 4. The second-order valence-electron chi connectivity index (χ2n) is 5.85. The van der Waals surface area contributed by atoms with Gasteiger partial charge in [-0.15, -0.1) is 0 Å². The van der Waals surface area contributed by atoms with Crippen molar-refractivity contribution in [2.45, 2.75) is 53.1 Å². The third-order valence-corrected chi connectivity index (χ3v) is 5.04. The first-order valence-corrected chi connectivity index (χ1v) is 9.33. The zero-order valence-electron chi connectivity index (χ0n) is 14.5. The first kappa shape index (κ1) is 20.8. The molecule has 0 fully saturated rings. The highest BCUT2D eigenvalue weighted by atomic mass is 32.2. The van der Waals surface area contributed by atoms with Crippen LogP contribution >= 0.6 is 0 Å². The Morgan fingerprint density at radius 3 is 2.05 bits per heavy atom. The third kappa shape index (κ3) is 8.73. The Hall–Kier alpha value is -0.210. The summed E-state index contributed by atoms with van der Waals surface area (Å²) >= 11 is 0. The van der Waals surface area contributed by atoms with E-state index >= 15 is 0 Å². The second-order valence-corrected chi connectivity index (χ2v) is 7.72. The van der Waals surface area contributed by atoms with Crippen molar-refractivity contribution in [3.8, 4) is 0 Å². The molecule has 0 spiro atoms. The van der Waals surface area contributed by atoms with E-state index in [0.717, 1.165) is 26.1 Å². The Bertz CT molecular complexity index is 350. The van der Waals surface area contributed by atoms with E-state index in [-0.39, 0.29) is 0 Å². The summed E-state index contributed by atoms with van der Waals surface area (Å²) in [6.07, 6.45) is 0.815. The summed E-state index contributed by atoms with van der Waals surface area (Å²) in [5.41, 5.74) is 0. The Labute approximate surface area is 131 Å². The smallest absolute Gasteiger partial charge is 0.279 e. The predicted molar refractivity (Wildman–Crippen MR) is 89.7 cm³/mol. The summed E-state index contributed by atoms with van der Waals surface area (Å²) in [6, 6.07) is 0.819. The van der Waals surface area contributed by atoms with Crippen LogP contribution < -0.4 is 10.0 Å². The van der Waals surface area contributed by atoms with Crippen LogP contribution in [-0.4, -0.2) is 69.5 Å². The van der Waals surface area contributed by atoms with Gasteiger partial charge < -0.3 is 5.32 Å². The lowest BCUT2D eigenvalue weighted by Crippen LogP contribution is -2.45. The Balaban J connectivity index is 4.16. The quantitative estimate of drug-likeness (QED) is 0.523. The monoisotopic (exact) mass is 322 g/mol. The van der Waals surface area contributed by atoms with Crippen molar-refractivity contribution in [1.82, 2.24) is 19.2 Å². The summed E-state index contributed by atoms with van der Waals surface area (Å²) < 4.78 is 28.2. The zero-order valence-corrected chi connectivity index (χ0v) is 15.3. The molecular formula is C14H34N4O2S. The largest absolute Gasteiger partial charge is 0.317 e. The van der Waals surface area contributed by atoms with Crippen LogP contribution in [0.2, 0.25) is 0 Å². The van der Waals surface area contributed by atoms with Gasteiger partial charge in [0, 0.05) is 38.8 Å². The lowest BCUT2D eigenvalue weighted by atomic mass is 10.2. The summed E-state index contributed by atoms with van der Waals surface area (Å²) in [6.45, 7) is 14.0. The van der Waals surface area contributed by atoms with Crippen molar-refractivity contribution in [1.29, 1.82) is 0 Å². The standard InChI is InChI=1S/C14H34N4O2S/c1-7-15-9-8-11-17(6)21(19,20)16-10-12-18(13(2)3)14(4)5/h13-16H,7-12H2,1-6H3. The van der Waals surface area contributed by atoms with Crippen molar-refractivity contribution < 1.29 is 8.42 Å². The van der Waals surface area contributed by atoms with E-state index in [1.165, 1.54) is 4.31 Å². The lowest BCUT2D eigenvalue weighted by molar-refractivity contribution is 0.178. The molecule has 128 valence electrons. The van der Waals surface area contributed by atoms with Crippen molar-refractivity contribution in [2.24, 2.45) is 0 Å². The van der Waals surface area contributed by atoms with Crippen LogP contribution in [0, 0.1) is 0 Å². The first-order chi connectivity index (χ1) is 9.72. The maximum absolute atomic E-state index is 12.1. The summed E-state index contributed by atoms with van der Waals surface area (Å²) in [4.78, 5) is 2.27. The van der Waals surface area contributed by atoms with Gasteiger partial charge >= 0.3 is 0 Å². The number of rotatable bonds is 12. The lowest BCUT2D eigenvalue weighted by Gasteiger charge is -2.30. The van der Waals surface area contributed by atoms with Crippen LogP contribution in [0.25, 0.3) is 0 Å². The highest BCUT2D eigenvalue weighted by Crippen LogP contribution is 2.04. The van der Waals surface area contributed by atoms with E-state index in [9.17, 15) is 8.42 Å². The maximum Gasteiger partial charge on any atom is 0.279 e. The van der Waals surface area contributed by atoms with Crippen LogP contribution in [0.3, 0.4) is 0 Å². The van der Waals surface area contributed by atoms with Crippen LogP contribution in [0.5, 0.6) is 0 Å². The molecule has 0 aliphatic carbocycles. The van der Waals surface area contributed by atoms with Crippen LogP contribution in [-0.2, 0) is 10.2 Å². The zero-order chi connectivity index (χ0) is 16.5. The molecule has 0 saturated heterocycles. The normalized spacial score (nSPS) is 13.0. The van der Waals surface area contributed by atoms with Gasteiger partial charge in [0.05, 0.1) is 0 Å². The number of hydrogen-bond donors (Lipinski definition) is 2. The molecule has 0 unspecified atom stereocenters. The minimum Gasteiger partial charge on any atom is -0.317 e. The van der Waals surface area contributed by atoms with E-state index in [1.807, 2.05) is 6.92 Å². The van der Waals surface area contributed by atoms with E-state index < -0.39 is 10.2 Å². The van der Waals surface area contributed by atoms with Crippen molar-refractivity contribution in [2.75, 3.05) is 39.8 Å². The van der Waals surface area contributed by atoms with Gasteiger partial charge in [-0.2, -0.15) is 12.7 Å². The van der Waals surface area contributed by atoms with Crippen LogP contribution in [0.1, 0.15) is 41.0 Å². The molecule has 7 heteroatoms. The molecule has 0 aliphatic rings. The molecule has 0 bridgehead atoms. The second kappa shape index (κ2) is 10.5. The van der Waals surface area contributed by atoms with Gasteiger partial charge in [-0.1, -0.05) is 6.92 Å². The van der Waals surface area contributed by atoms with Gasteiger partial charge in [0.1, 0.15) is 0 Å². The van der Waals surface area contributed by atoms with Crippen molar-refractivity contribution in [3.63, 3.8) is 0 Å². The van der Waals surface area contributed by atoms with E-state index in [0.29, 0.717) is 25.2 Å². The van der Waals surface area contributed by atoms with Gasteiger partial charge in [-0.25, -0.2) is 4.72 Å². The third-order valence-electron chi connectivity index (χ3n) is 3.47. The fourth-order valence-corrected chi connectivity index (χ4v) is 3.19. The van der Waals surface area contributed by atoms with E-state index in [2.05, 4.69) is 42.6 Å². The Kier molecular flexibility index (Phi) is 10.4. The number of nitrogens with zero attached hydrogens (tertiary/aromatic N) is 2. The fraction of sp³-hybridized carbons (Fsp3) is 1.00. The predicted octanol–water partition coefficient (Wildman–Crippen LogP) is 0.871. The molecule has 21 heavy (non-hydrogen) atoms. The molecule has 0 rings (SSSR count). The average molecular weight is 323 g/mol. The molecule has 6 nitrogen and oxygen atoms in total. The molecule has 0 radical (unpaired) electrons. The van der Waals surface area contributed by atoms with E-state index in [4.69, 9.17) is 0 Å². The highest BCUT2D eigenvalue weighted by Gasteiger charge is 2.18. The molecule has 0 aromatic rings. The summed E-state index contributed by atoms with van der Waals surface area (Å²) in [5.74, 6) is 0. The molecule has 0 amide bonds. The molecule has 0 aromatic heterocycles. The van der Waals surface area contributed by atoms with E-state index in [1.54, 1.807) is 7.05 Å². The van der Waals surface area contributed by atoms with Crippen molar-refractivity contribution >= 4 is 10.2 Å². The van der Waals surface area contributed by atoms with Gasteiger partial charge in [0.2, 0.25) is 0 Å². The fourth-order valence-electron chi connectivity index (χ4n) is 2.25. The molecular weight excluding hydrogens is 288 g/mol. The highest BCUT2D eigenvalue weighted by molar-refractivity contribution is 7.87. The van der Waals surface area contributed by atoms with Gasteiger partial charge in [0.25, 0.3) is 10.2 Å². The van der Waals surface area contributed by atoms with Gasteiger partial charge in [-0.05, 0) is 47.2 Å². The molecule has 0 saturated carbocycles. The number of nitrogens with one attached hydrogen (secondary N) is 2. The maximum atomic E-state index is 12.1. The molecule has 0 heterocycles. The average Bonchev–Trinajstić information content (AvgIpc) is 2.38. The summed E-state index contributed by atoms with van der Waals surface area (Å²) in [7, 11) is -1.74. The molecule has 0 aliphatic heterocycles. The first-order valence-electron chi connectivity index (χ1n) is 7.89. The SMILES string of the molecule is CCNCCCN(C)S(=O)(=O)NCCN(C(C)C)C(C)C. The minimum atomic E-state index is -3.37. The molecule has 2 N–H and O–H groups in total. The van der Waals surface area contributed by atoms with Gasteiger partial charge in [0.15, 0.2) is 0 Å². The Morgan fingerprint density at radius 2 is 1.57 bits per heavy atom. The van der Waals surface area contributed by atoms with Crippen molar-refractivity contribution in [3.05, 3.63) is 0 Å². The van der Waals surface area contributed by atoms with Crippen LogP contribution in [0.4, 0.5) is 0 Å². The Morgan fingerprint density at radius 1 is 1.00 bits per heavy atom. The minimum absolute atomic E-state index is 0.410. The van der Waals surface area contributed by atoms with Crippen LogP contribution in [0.15, 0.2) is 0 Å². The molecule has 0 atom stereocenters. The topological polar surface area (TPSA) is 64.7 Å². The molecule has 0 aromatic carbocycles. The summed E-state index contributed by atoms with van der Waals surface area (Å²) in [5, 5.41) is 3.19.